The van der Waals surface area contributed by atoms with Crippen molar-refractivity contribution in [3.8, 4) is 5.88 Å². The molecule has 0 saturated carbocycles. The number of rotatable bonds is 5. The zero-order chi connectivity index (χ0) is 16.1. The van der Waals surface area contributed by atoms with Gasteiger partial charge in [-0.1, -0.05) is 0 Å². The minimum absolute atomic E-state index is 0.216. The van der Waals surface area contributed by atoms with Crippen LogP contribution >= 0.6 is 0 Å². The molecule has 2 aliphatic rings. The van der Waals surface area contributed by atoms with Crippen LogP contribution < -0.4 is 4.74 Å². The van der Waals surface area contributed by atoms with Gasteiger partial charge < -0.3 is 14.4 Å². The third-order valence-electron chi connectivity index (χ3n) is 4.33. The molecule has 1 amide bonds. The molecule has 2 aliphatic heterocycles. The Labute approximate surface area is 136 Å². The molecule has 0 bridgehead atoms. The third-order valence-corrected chi connectivity index (χ3v) is 4.33. The highest BCUT2D eigenvalue weighted by Gasteiger charge is 2.23. The van der Waals surface area contributed by atoms with Crippen LogP contribution in [0.1, 0.15) is 24.6 Å². The van der Waals surface area contributed by atoms with Gasteiger partial charge in [-0.25, -0.2) is 9.97 Å². The molecule has 1 aromatic heterocycles. The van der Waals surface area contributed by atoms with Crippen LogP contribution in [0.2, 0.25) is 0 Å². The highest BCUT2D eigenvalue weighted by Crippen LogP contribution is 2.24. The van der Waals surface area contributed by atoms with E-state index in [1.165, 1.54) is 0 Å². The van der Waals surface area contributed by atoms with Gasteiger partial charge in [-0.15, -0.1) is 0 Å². The molecular formula is C16H24N4O3. The van der Waals surface area contributed by atoms with Crippen LogP contribution in [0.5, 0.6) is 5.88 Å². The lowest BCUT2D eigenvalue weighted by molar-refractivity contribution is -0.135. The molecule has 0 aromatic carbocycles. The van der Waals surface area contributed by atoms with Crippen LogP contribution in [0.3, 0.4) is 0 Å². The van der Waals surface area contributed by atoms with Crippen LogP contribution in [0, 0.1) is 0 Å². The molecular weight excluding hydrogens is 296 g/mol. The van der Waals surface area contributed by atoms with E-state index in [1.807, 2.05) is 11.8 Å². The van der Waals surface area contributed by atoms with Crippen molar-refractivity contribution < 1.29 is 14.3 Å². The molecule has 1 fully saturated rings. The molecule has 1 saturated heterocycles. The Kier molecular flexibility index (Phi) is 5.40. The standard InChI is InChI=1S/C16H24N4O3/c1-2-23-16-13-11-19(5-3-14(13)17-12-18-16)6-4-15(21)20-7-9-22-10-8-20/h12H,2-11H2,1H3. The van der Waals surface area contributed by atoms with E-state index in [4.69, 9.17) is 9.47 Å². The Hall–Kier alpha value is -1.73. The Balaban J connectivity index is 1.55. The molecule has 3 rings (SSSR count). The lowest BCUT2D eigenvalue weighted by Crippen LogP contribution is -2.42. The zero-order valence-corrected chi connectivity index (χ0v) is 13.7. The number of nitrogens with zero attached hydrogens (tertiary/aromatic N) is 4. The maximum absolute atomic E-state index is 12.3. The summed E-state index contributed by atoms with van der Waals surface area (Å²) in [6.45, 7) is 7.71. The van der Waals surface area contributed by atoms with E-state index in [1.54, 1.807) is 6.33 Å². The first-order chi connectivity index (χ1) is 11.3. The summed E-state index contributed by atoms with van der Waals surface area (Å²) in [4.78, 5) is 25.0. The van der Waals surface area contributed by atoms with E-state index in [0.717, 1.165) is 37.3 Å². The highest BCUT2D eigenvalue weighted by atomic mass is 16.5. The number of hydrogen-bond acceptors (Lipinski definition) is 6. The van der Waals surface area contributed by atoms with Crippen molar-refractivity contribution in [1.29, 1.82) is 0 Å². The number of ether oxygens (including phenoxy) is 2. The second-order valence-electron chi connectivity index (χ2n) is 5.81. The van der Waals surface area contributed by atoms with Crippen molar-refractivity contribution >= 4 is 5.91 Å². The molecule has 0 spiro atoms. The van der Waals surface area contributed by atoms with Crippen molar-refractivity contribution in [3.05, 3.63) is 17.6 Å². The summed E-state index contributed by atoms with van der Waals surface area (Å²) in [5.41, 5.74) is 2.14. The van der Waals surface area contributed by atoms with E-state index in [0.29, 0.717) is 45.2 Å². The van der Waals surface area contributed by atoms with E-state index in [2.05, 4.69) is 14.9 Å². The fraction of sp³-hybridized carbons (Fsp3) is 0.688. The van der Waals surface area contributed by atoms with Gasteiger partial charge in [0.25, 0.3) is 0 Å². The van der Waals surface area contributed by atoms with Crippen molar-refractivity contribution in [2.75, 3.05) is 46.0 Å². The van der Waals surface area contributed by atoms with Gasteiger partial charge in [0.15, 0.2) is 0 Å². The normalized spacial score (nSPS) is 18.6. The minimum Gasteiger partial charge on any atom is -0.478 e. The summed E-state index contributed by atoms with van der Waals surface area (Å²) in [5, 5.41) is 0. The Bertz CT molecular complexity index is 546. The summed E-state index contributed by atoms with van der Waals surface area (Å²) < 4.78 is 10.9. The smallest absolute Gasteiger partial charge is 0.224 e. The predicted octanol–water partition coefficient (Wildman–Crippen LogP) is 0.482. The first-order valence-corrected chi connectivity index (χ1v) is 8.31. The second kappa shape index (κ2) is 7.70. The summed E-state index contributed by atoms with van der Waals surface area (Å²) in [6.07, 6.45) is 3.00. The first-order valence-electron chi connectivity index (χ1n) is 8.31. The number of carbonyl (C=O) groups is 1. The Morgan fingerprint density at radius 3 is 2.91 bits per heavy atom. The molecule has 1 aromatic rings. The van der Waals surface area contributed by atoms with Crippen LogP contribution in [0.15, 0.2) is 6.33 Å². The third kappa shape index (κ3) is 3.97. The number of hydrogen-bond donors (Lipinski definition) is 0. The van der Waals surface area contributed by atoms with Gasteiger partial charge in [-0.2, -0.15) is 0 Å². The van der Waals surface area contributed by atoms with Crippen LogP contribution in [0.25, 0.3) is 0 Å². The molecule has 0 unspecified atom stereocenters. The van der Waals surface area contributed by atoms with E-state index in [-0.39, 0.29) is 5.91 Å². The summed E-state index contributed by atoms with van der Waals surface area (Å²) in [5.74, 6) is 0.898. The van der Waals surface area contributed by atoms with E-state index < -0.39 is 0 Å². The van der Waals surface area contributed by atoms with Crippen molar-refractivity contribution in [3.63, 3.8) is 0 Å². The topological polar surface area (TPSA) is 67.8 Å². The minimum atomic E-state index is 0.216. The van der Waals surface area contributed by atoms with E-state index >= 15 is 0 Å². The molecule has 0 atom stereocenters. The maximum atomic E-state index is 12.3. The van der Waals surface area contributed by atoms with Gasteiger partial charge in [0, 0.05) is 51.1 Å². The van der Waals surface area contributed by atoms with Crippen LogP contribution in [-0.4, -0.2) is 71.7 Å². The van der Waals surface area contributed by atoms with Gasteiger partial charge in [-0.3, -0.25) is 9.69 Å². The number of morpholine rings is 1. The molecule has 0 radical (unpaired) electrons. The average molecular weight is 320 g/mol. The highest BCUT2D eigenvalue weighted by molar-refractivity contribution is 5.76. The Morgan fingerprint density at radius 2 is 2.13 bits per heavy atom. The van der Waals surface area contributed by atoms with E-state index in [9.17, 15) is 4.79 Å². The summed E-state index contributed by atoms with van der Waals surface area (Å²) >= 11 is 0. The average Bonchev–Trinajstić information content (AvgIpc) is 2.61. The van der Waals surface area contributed by atoms with Crippen LogP contribution in [0.4, 0.5) is 0 Å². The molecule has 3 heterocycles. The van der Waals surface area contributed by atoms with Gasteiger partial charge in [0.05, 0.1) is 25.5 Å². The quantitative estimate of drug-likeness (QED) is 0.786. The summed E-state index contributed by atoms with van der Waals surface area (Å²) in [6, 6.07) is 0. The van der Waals surface area contributed by atoms with Crippen LogP contribution in [-0.2, 0) is 22.5 Å². The zero-order valence-electron chi connectivity index (χ0n) is 13.7. The number of carbonyl (C=O) groups excluding carboxylic acids is 1. The largest absolute Gasteiger partial charge is 0.478 e. The Morgan fingerprint density at radius 1 is 1.30 bits per heavy atom. The number of fused-ring (bicyclic) bond motifs is 1. The van der Waals surface area contributed by atoms with Gasteiger partial charge >= 0.3 is 0 Å². The van der Waals surface area contributed by atoms with Crippen molar-refractivity contribution in [1.82, 2.24) is 19.8 Å². The molecule has 0 N–H and O–H groups in total. The fourth-order valence-electron chi connectivity index (χ4n) is 3.05. The summed E-state index contributed by atoms with van der Waals surface area (Å²) in [7, 11) is 0. The van der Waals surface area contributed by atoms with Crippen molar-refractivity contribution in [2.45, 2.75) is 26.3 Å². The van der Waals surface area contributed by atoms with Gasteiger partial charge in [-0.05, 0) is 6.92 Å². The van der Waals surface area contributed by atoms with Gasteiger partial charge in [0.1, 0.15) is 6.33 Å². The molecule has 7 heteroatoms. The second-order valence-corrected chi connectivity index (χ2v) is 5.81. The lowest BCUT2D eigenvalue weighted by atomic mass is 10.1. The monoisotopic (exact) mass is 320 g/mol. The molecule has 0 aliphatic carbocycles. The SMILES string of the molecule is CCOc1ncnc2c1CN(CCC(=O)N1CCOCC1)CC2. The number of aromatic nitrogens is 2. The van der Waals surface area contributed by atoms with Gasteiger partial charge in [0.2, 0.25) is 11.8 Å². The fourth-order valence-corrected chi connectivity index (χ4v) is 3.05. The predicted molar refractivity (Wildman–Crippen MR) is 84.2 cm³/mol. The molecule has 7 nitrogen and oxygen atoms in total. The van der Waals surface area contributed by atoms with Crippen molar-refractivity contribution in [2.24, 2.45) is 0 Å². The molecule has 126 valence electrons. The lowest BCUT2D eigenvalue weighted by Gasteiger charge is -2.30. The maximum Gasteiger partial charge on any atom is 0.224 e. The molecule has 23 heavy (non-hydrogen) atoms. The number of amides is 1. The first kappa shape index (κ1) is 16.1.